The minimum absolute atomic E-state index is 0.144. The van der Waals surface area contributed by atoms with Gasteiger partial charge in [0.25, 0.3) is 11.8 Å². The van der Waals surface area contributed by atoms with Crippen LogP contribution in [0, 0.1) is 0 Å². The van der Waals surface area contributed by atoms with Crippen molar-refractivity contribution in [1.29, 1.82) is 0 Å². The largest absolute Gasteiger partial charge is 0.385 e. The number of unbranched alkanes of at least 4 members (excludes halogenated alkanes) is 10. The van der Waals surface area contributed by atoms with Crippen molar-refractivity contribution in [2.45, 2.75) is 90.9 Å². The van der Waals surface area contributed by atoms with Crippen molar-refractivity contribution in [2.24, 2.45) is 0 Å². The predicted octanol–water partition coefficient (Wildman–Crippen LogP) is 7.57. The molecule has 0 fully saturated rings. The van der Waals surface area contributed by atoms with Crippen LogP contribution in [0.15, 0.2) is 30.3 Å². The van der Waals surface area contributed by atoms with E-state index in [0.29, 0.717) is 17.7 Å². The first-order valence-electron chi connectivity index (χ1n) is 12.8. The summed E-state index contributed by atoms with van der Waals surface area (Å²) in [7, 11) is 0. The first-order valence-corrected chi connectivity index (χ1v) is 12.8. The number of rotatable bonds is 15. The Morgan fingerprint density at radius 3 is 1.97 bits per heavy atom. The molecule has 0 spiro atoms. The van der Waals surface area contributed by atoms with Gasteiger partial charge < -0.3 is 5.32 Å². The lowest BCUT2D eigenvalue weighted by Crippen LogP contribution is -2.40. The number of hydrogen-bond donors (Lipinski definition) is 1. The van der Waals surface area contributed by atoms with Crippen LogP contribution in [0.3, 0.4) is 0 Å². The van der Waals surface area contributed by atoms with E-state index in [1.165, 1.54) is 62.7 Å². The fraction of sp³-hybridized carbons (Fsp3) is 0.571. The highest BCUT2D eigenvalue weighted by Crippen LogP contribution is 2.34. The molecule has 0 atom stereocenters. The Labute approximate surface area is 193 Å². The van der Waals surface area contributed by atoms with Crippen molar-refractivity contribution in [3.8, 4) is 0 Å². The van der Waals surface area contributed by atoms with Gasteiger partial charge in [-0.3, -0.25) is 14.5 Å². The summed E-state index contributed by atoms with van der Waals surface area (Å²) in [5.41, 5.74) is 2.33. The van der Waals surface area contributed by atoms with Crippen LogP contribution in [0.1, 0.15) is 112 Å². The second-order valence-corrected chi connectivity index (χ2v) is 9.11. The van der Waals surface area contributed by atoms with Gasteiger partial charge in [-0.25, -0.2) is 0 Å². The van der Waals surface area contributed by atoms with E-state index in [9.17, 15) is 9.59 Å². The van der Waals surface area contributed by atoms with Gasteiger partial charge in [0.15, 0.2) is 0 Å². The average Bonchev–Trinajstić information content (AvgIpc) is 2.81. The Morgan fingerprint density at radius 1 is 0.688 bits per heavy atom. The van der Waals surface area contributed by atoms with Gasteiger partial charge in [-0.05, 0) is 31.0 Å². The fourth-order valence-corrected chi connectivity index (χ4v) is 4.68. The van der Waals surface area contributed by atoms with Crippen LogP contribution in [0.5, 0.6) is 0 Å². The molecule has 1 aliphatic heterocycles. The molecule has 4 heteroatoms. The Kier molecular flexibility index (Phi) is 9.58. The molecule has 0 saturated heterocycles. The number of nitrogens with zero attached hydrogens (tertiary/aromatic N) is 1. The van der Waals surface area contributed by atoms with Crippen molar-refractivity contribution < 1.29 is 9.59 Å². The average molecular weight is 437 g/mol. The summed E-state index contributed by atoms with van der Waals surface area (Å²) in [5, 5.41) is 5.34. The van der Waals surface area contributed by atoms with E-state index in [1.807, 2.05) is 30.3 Å². The van der Waals surface area contributed by atoms with E-state index < -0.39 is 0 Å². The molecule has 0 radical (unpaired) electrons. The van der Waals surface area contributed by atoms with E-state index >= 15 is 0 Å². The zero-order valence-corrected chi connectivity index (χ0v) is 20.0. The van der Waals surface area contributed by atoms with Gasteiger partial charge in [-0.15, -0.1) is 0 Å². The van der Waals surface area contributed by atoms with Crippen molar-refractivity contribution >= 4 is 28.3 Å². The number of hydrogen-bond acceptors (Lipinski definition) is 3. The van der Waals surface area contributed by atoms with E-state index in [-0.39, 0.29) is 11.8 Å². The van der Waals surface area contributed by atoms with Gasteiger partial charge in [0, 0.05) is 40.7 Å². The van der Waals surface area contributed by atoms with Crippen LogP contribution >= 0.6 is 0 Å². The lowest BCUT2D eigenvalue weighted by Gasteiger charge is -2.28. The third kappa shape index (κ3) is 5.90. The molecule has 174 valence electrons. The zero-order chi connectivity index (χ0) is 22.8. The second-order valence-electron chi connectivity index (χ2n) is 9.11. The maximum atomic E-state index is 13.2. The number of imide groups is 1. The molecule has 1 N–H and O–H groups in total. The highest BCUT2D eigenvalue weighted by Gasteiger charge is 2.32. The summed E-state index contributed by atoms with van der Waals surface area (Å²) in [5.74, 6) is -0.288. The van der Waals surface area contributed by atoms with Gasteiger partial charge in [0.1, 0.15) is 0 Å². The topological polar surface area (TPSA) is 49.4 Å². The summed E-state index contributed by atoms with van der Waals surface area (Å²) in [6.07, 6.45) is 14.4. The standard InChI is InChI=1S/C28H40N2O2/c1-3-5-7-9-11-13-20-29-25-19-18-24-26-22(25)16-15-17-23(26)27(31)30(28(24)32)21-14-12-10-8-6-4-2/h15-19,29H,3-14,20-21H2,1-2H3. The molecule has 3 rings (SSSR count). The highest BCUT2D eigenvalue weighted by molar-refractivity contribution is 6.26. The zero-order valence-electron chi connectivity index (χ0n) is 20.0. The Bertz CT molecular complexity index is 883. The van der Waals surface area contributed by atoms with Gasteiger partial charge in [-0.2, -0.15) is 0 Å². The Balaban J connectivity index is 1.65. The van der Waals surface area contributed by atoms with Crippen molar-refractivity contribution in [3.63, 3.8) is 0 Å². The van der Waals surface area contributed by atoms with E-state index in [0.717, 1.165) is 42.3 Å². The fourth-order valence-electron chi connectivity index (χ4n) is 4.68. The maximum Gasteiger partial charge on any atom is 0.261 e. The monoisotopic (exact) mass is 436 g/mol. The van der Waals surface area contributed by atoms with Crippen molar-refractivity contribution in [1.82, 2.24) is 4.90 Å². The molecule has 1 aliphatic rings. The molecule has 0 saturated carbocycles. The molecule has 4 nitrogen and oxygen atoms in total. The smallest absolute Gasteiger partial charge is 0.261 e. The lowest BCUT2D eigenvalue weighted by molar-refractivity contribution is 0.0608. The van der Waals surface area contributed by atoms with Crippen LogP contribution in [0.25, 0.3) is 10.8 Å². The van der Waals surface area contributed by atoms with Gasteiger partial charge in [-0.1, -0.05) is 90.2 Å². The molecule has 0 aromatic heterocycles. The molecule has 2 aromatic carbocycles. The maximum absolute atomic E-state index is 13.2. The molecule has 0 bridgehead atoms. The number of carbonyl (C=O) groups excluding carboxylic acids is 2. The summed E-state index contributed by atoms with van der Waals surface area (Å²) >= 11 is 0. The number of benzene rings is 2. The molecule has 2 aromatic rings. The lowest BCUT2D eigenvalue weighted by atomic mass is 9.92. The Hall–Kier alpha value is -2.36. The van der Waals surface area contributed by atoms with Crippen molar-refractivity contribution in [3.05, 3.63) is 41.5 Å². The summed E-state index contributed by atoms with van der Waals surface area (Å²) < 4.78 is 0. The van der Waals surface area contributed by atoms with Gasteiger partial charge >= 0.3 is 0 Å². The van der Waals surface area contributed by atoms with E-state index in [2.05, 4.69) is 19.2 Å². The SMILES string of the molecule is CCCCCCCCNc1ccc2c3c(cccc13)C(=O)N(CCCCCCCC)C2=O. The summed E-state index contributed by atoms with van der Waals surface area (Å²) in [6.45, 7) is 5.87. The third-order valence-corrected chi connectivity index (χ3v) is 6.57. The van der Waals surface area contributed by atoms with Gasteiger partial charge in [0.2, 0.25) is 0 Å². The number of anilines is 1. The quantitative estimate of drug-likeness (QED) is 0.231. The molecule has 32 heavy (non-hydrogen) atoms. The highest BCUT2D eigenvalue weighted by atomic mass is 16.2. The minimum Gasteiger partial charge on any atom is -0.385 e. The van der Waals surface area contributed by atoms with E-state index in [4.69, 9.17) is 0 Å². The van der Waals surface area contributed by atoms with E-state index in [1.54, 1.807) is 0 Å². The molecule has 2 amide bonds. The molecular formula is C28H40N2O2. The van der Waals surface area contributed by atoms with Crippen LogP contribution in [0.2, 0.25) is 0 Å². The normalized spacial score (nSPS) is 13.2. The second kappa shape index (κ2) is 12.6. The van der Waals surface area contributed by atoms with Crippen LogP contribution in [-0.2, 0) is 0 Å². The van der Waals surface area contributed by atoms with Crippen LogP contribution in [0.4, 0.5) is 5.69 Å². The van der Waals surface area contributed by atoms with Gasteiger partial charge in [0.05, 0.1) is 0 Å². The van der Waals surface area contributed by atoms with Crippen LogP contribution < -0.4 is 5.32 Å². The minimum atomic E-state index is -0.144. The molecular weight excluding hydrogens is 396 g/mol. The predicted molar refractivity (Wildman–Crippen MR) is 135 cm³/mol. The number of nitrogens with one attached hydrogen (secondary N) is 1. The first-order chi connectivity index (χ1) is 15.7. The molecule has 0 aliphatic carbocycles. The summed E-state index contributed by atoms with van der Waals surface area (Å²) in [6, 6.07) is 9.74. The number of carbonyl (C=O) groups is 2. The Morgan fingerprint density at radius 2 is 1.28 bits per heavy atom. The van der Waals surface area contributed by atoms with Crippen LogP contribution in [-0.4, -0.2) is 29.8 Å². The first kappa shape index (κ1) is 24.3. The molecule has 1 heterocycles. The molecule has 0 unspecified atom stereocenters. The van der Waals surface area contributed by atoms with Crippen molar-refractivity contribution in [2.75, 3.05) is 18.4 Å². The number of amides is 2. The third-order valence-electron chi connectivity index (χ3n) is 6.57. The summed E-state index contributed by atoms with van der Waals surface area (Å²) in [4.78, 5) is 27.8.